The molecule has 4 aliphatic carbocycles. The summed E-state index contributed by atoms with van der Waals surface area (Å²) in [5.74, 6) is 5.02. The smallest absolute Gasteiger partial charge is 0.133 e. The highest BCUT2D eigenvalue weighted by Gasteiger charge is 2.57. The van der Waals surface area contributed by atoms with E-state index in [1.54, 1.807) is 0 Å². The molecular weight excluding hydrogens is 272 g/mol. The van der Waals surface area contributed by atoms with Gasteiger partial charge in [0, 0.05) is 5.92 Å². The summed E-state index contributed by atoms with van der Waals surface area (Å²) >= 11 is 0. The van der Waals surface area contributed by atoms with Crippen LogP contribution in [0.25, 0.3) is 0 Å². The van der Waals surface area contributed by atoms with Crippen LogP contribution in [0.5, 0.6) is 0 Å². The summed E-state index contributed by atoms with van der Waals surface area (Å²) in [5.41, 5.74) is 0.300. The van der Waals surface area contributed by atoms with Crippen molar-refractivity contribution in [1.29, 1.82) is 0 Å². The number of Topliss-reactive ketones (excluding diaryl/α,β-unsaturated/α-hetero) is 1. The minimum absolute atomic E-state index is 0.0276. The van der Waals surface area contributed by atoms with Crippen LogP contribution in [0.1, 0.15) is 71.6 Å². The van der Waals surface area contributed by atoms with E-state index >= 15 is 0 Å². The highest BCUT2D eigenvalue weighted by Crippen LogP contribution is 2.64. The monoisotopic (exact) mass is 304 g/mol. The third-order valence-corrected chi connectivity index (χ3v) is 8.42. The summed E-state index contributed by atoms with van der Waals surface area (Å²) in [6.45, 7) is 4.26. The molecular formula is C20H32O2. The summed E-state index contributed by atoms with van der Waals surface area (Å²) in [6.07, 6.45) is 11.1. The topological polar surface area (TPSA) is 37.3 Å². The van der Waals surface area contributed by atoms with Crippen molar-refractivity contribution >= 4 is 5.78 Å². The predicted molar refractivity (Wildman–Crippen MR) is 87.3 cm³/mol. The van der Waals surface area contributed by atoms with E-state index in [4.69, 9.17) is 0 Å². The number of ketones is 1. The summed E-state index contributed by atoms with van der Waals surface area (Å²) in [6, 6.07) is 0. The average molecular weight is 304 g/mol. The average Bonchev–Trinajstić information content (AvgIpc) is 2.84. The molecule has 124 valence electrons. The fraction of sp³-hybridized carbons (Fsp3) is 0.950. The van der Waals surface area contributed by atoms with Gasteiger partial charge in [0.15, 0.2) is 0 Å². The Morgan fingerprint density at radius 2 is 1.73 bits per heavy atom. The van der Waals surface area contributed by atoms with Gasteiger partial charge in [-0.15, -0.1) is 0 Å². The molecule has 2 nitrogen and oxygen atoms in total. The Bertz CT molecular complexity index is 459. The second-order valence-corrected chi connectivity index (χ2v) is 9.19. The van der Waals surface area contributed by atoms with Crippen LogP contribution < -0.4 is 0 Å². The van der Waals surface area contributed by atoms with Crippen LogP contribution in [0.2, 0.25) is 0 Å². The Morgan fingerprint density at radius 1 is 0.955 bits per heavy atom. The summed E-state index contributed by atoms with van der Waals surface area (Å²) in [4.78, 5) is 12.1. The van der Waals surface area contributed by atoms with Crippen LogP contribution in [0.3, 0.4) is 0 Å². The number of hydrogen-bond acceptors (Lipinski definition) is 2. The fourth-order valence-corrected chi connectivity index (χ4v) is 7.50. The number of aliphatic hydroxyl groups excluding tert-OH is 1. The van der Waals surface area contributed by atoms with E-state index in [1.807, 2.05) is 6.92 Å². The normalized spacial score (nSPS) is 54.2. The SMILES string of the molecule is CC(=O)[C@H]1CC[C@H]2C3CC[C@@H]4C[C@H](O)CC[C@@H]4[C@H]3CC[C@]12C. The molecule has 0 radical (unpaired) electrons. The van der Waals surface area contributed by atoms with Crippen molar-refractivity contribution in [2.24, 2.45) is 40.9 Å². The molecule has 0 amide bonds. The Hall–Kier alpha value is -0.370. The maximum Gasteiger partial charge on any atom is 0.133 e. The second-order valence-electron chi connectivity index (χ2n) is 9.19. The van der Waals surface area contributed by atoms with E-state index < -0.39 is 0 Å². The minimum Gasteiger partial charge on any atom is -0.393 e. The number of carbonyl (C=O) groups excluding carboxylic acids is 1. The summed E-state index contributed by atoms with van der Waals surface area (Å²) in [5, 5.41) is 9.99. The van der Waals surface area contributed by atoms with Gasteiger partial charge < -0.3 is 5.11 Å². The third kappa shape index (κ3) is 2.12. The maximum atomic E-state index is 12.1. The molecule has 1 N–H and O–H groups in total. The zero-order chi connectivity index (χ0) is 15.5. The first-order chi connectivity index (χ1) is 10.5. The Balaban J connectivity index is 1.56. The molecule has 1 unspecified atom stereocenters. The molecule has 4 fully saturated rings. The van der Waals surface area contributed by atoms with Gasteiger partial charge in [-0.25, -0.2) is 0 Å². The van der Waals surface area contributed by atoms with E-state index in [0.29, 0.717) is 17.1 Å². The van der Waals surface area contributed by atoms with Crippen molar-refractivity contribution < 1.29 is 9.90 Å². The molecule has 2 heteroatoms. The van der Waals surface area contributed by atoms with Gasteiger partial charge in [-0.3, -0.25) is 4.79 Å². The minimum atomic E-state index is -0.0276. The third-order valence-electron chi connectivity index (χ3n) is 8.42. The maximum absolute atomic E-state index is 12.1. The lowest BCUT2D eigenvalue weighted by Crippen LogP contribution is -2.49. The Labute approximate surface area is 135 Å². The number of aliphatic hydroxyl groups is 1. The quantitative estimate of drug-likeness (QED) is 0.788. The Kier molecular flexibility index (Phi) is 3.67. The molecule has 0 saturated heterocycles. The number of carbonyl (C=O) groups is 1. The van der Waals surface area contributed by atoms with Gasteiger partial charge in [-0.2, -0.15) is 0 Å². The molecule has 0 bridgehead atoms. The van der Waals surface area contributed by atoms with Gasteiger partial charge in [-0.05, 0) is 99.7 Å². The lowest BCUT2D eigenvalue weighted by molar-refractivity contribution is -0.128. The standard InChI is InChI=1S/C20H32O2/c1-12(21)18-7-8-19-17-5-3-13-11-14(22)4-6-15(13)16(17)9-10-20(18,19)2/h13-19,22H,3-11H2,1-2H3/t13-,14-,15+,16-,17?,18-,19+,20-/m1/s1. The van der Waals surface area contributed by atoms with Crippen LogP contribution in [-0.4, -0.2) is 17.0 Å². The number of hydrogen-bond donors (Lipinski definition) is 1. The first-order valence-electron chi connectivity index (χ1n) is 9.69. The zero-order valence-corrected chi connectivity index (χ0v) is 14.3. The van der Waals surface area contributed by atoms with Crippen LogP contribution in [0.4, 0.5) is 0 Å². The van der Waals surface area contributed by atoms with Gasteiger partial charge in [0.25, 0.3) is 0 Å². The summed E-state index contributed by atoms with van der Waals surface area (Å²) < 4.78 is 0. The van der Waals surface area contributed by atoms with Crippen molar-refractivity contribution in [1.82, 2.24) is 0 Å². The van der Waals surface area contributed by atoms with E-state index in [1.165, 1.54) is 38.5 Å². The van der Waals surface area contributed by atoms with Crippen LogP contribution in [-0.2, 0) is 4.79 Å². The first kappa shape index (κ1) is 15.2. The Morgan fingerprint density at radius 3 is 2.50 bits per heavy atom. The molecule has 0 heterocycles. The molecule has 4 rings (SSSR count). The van der Waals surface area contributed by atoms with Crippen molar-refractivity contribution in [3.05, 3.63) is 0 Å². The van der Waals surface area contributed by atoms with Crippen molar-refractivity contribution in [2.45, 2.75) is 77.7 Å². The number of fused-ring (bicyclic) bond motifs is 5. The molecule has 0 spiro atoms. The van der Waals surface area contributed by atoms with Gasteiger partial charge in [0.05, 0.1) is 6.10 Å². The lowest BCUT2D eigenvalue weighted by atomic mass is 9.49. The molecule has 0 aliphatic heterocycles. The van der Waals surface area contributed by atoms with Gasteiger partial charge in [0.2, 0.25) is 0 Å². The highest BCUT2D eigenvalue weighted by molar-refractivity contribution is 5.79. The van der Waals surface area contributed by atoms with Gasteiger partial charge >= 0.3 is 0 Å². The second kappa shape index (κ2) is 5.33. The van der Waals surface area contributed by atoms with Crippen LogP contribution in [0, 0.1) is 40.9 Å². The zero-order valence-electron chi connectivity index (χ0n) is 14.3. The lowest BCUT2D eigenvalue weighted by Gasteiger charge is -2.56. The van der Waals surface area contributed by atoms with Crippen LogP contribution in [0.15, 0.2) is 0 Å². The van der Waals surface area contributed by atoms with E-state index in [0.717, 1.165) is 48.9 Å². The molecule has 8 atom stereocenters. The highest BCUT2D eigenvalue weighted by atomic mass is 16.3. The molecule has 4 saturated carbocycles. The number of rotatable bonds is 1. The molecule has 0 aromatic heterocycles. The molecule has 0 aromatic carbocycles. The van der Waals surface area contributed by atoms with Gasteiger partial charge in [-0.1, -0.05) is 6.92 Å². The van der Waals surface area contributed by atoms with Crippen molar-refractivity contribution in [3.8, 4) is 0 Å². The molecule has 22 heavy (non-hydrogen) atoms. The van der Waals surface area contributed by atoms with E-state index in [2.05, 4.69) is 6.92 Å². The van der Waals surface area contributed by atoms with E-state index in [9.17, 15) is 9.90 Å². The first-order valence-corrected chi connectivity index (χ1v) is 9.69. The predicted octanol–water partition coefficient (Wildman–Crippen LogP) is 4.21. The van der Waals surface area contributed by atoms with E-state index in [-0.39, 0.29) is 6.10 Å². The van der Waals surface area contributed by atoms with Crippen LogP contribution >= 0.6 is 0 Å². The summed E-state index contributed by atoms with van der Waals surface area (Å²) in [7, 11) is 0. The largest absolute Gasteiger partial charge is 0.393 e. The fourth-order valence-electron chi connectivity index (χ4n) is 7.50. The molecule has 0 aromatic rings. The molecule has 4 aliphatic rings. The van der Waals surface area contributed by atoms with Crippen molar-refractivity contribution in [2.75, 3.05) is 0 Å². The van der Waals surface area contributed by atoms with Gasteiger partial charge in [0.1, 0.15) is 5.78 Å². The van der Waals surface area contributed by atoms with Crippen molar-refractivity contribution in [3.63, 3.8) is 0 Å².